The fraction of sp³-hybridized carbons (Fsp3) is 0.500. The van der Waals surface area contributed by atoms with E-state index in [4.69, 9.17) is 0 Å². The maximum absolute atomic E-state index is 2.21. The van der Waals surface area contributed by atoms with E-state index in [0.717, 1.165) is 0 Å². The van der Waals surface area contributed by atoms with Crippen molar-refractivity contribution in [2.75, 3.05) is 0 Å². The molecular formula is C12H18F2Ru. The summed E-state index contributed by atoms with van der Waals surface area (Å²) in [7, 11) is 0. The number of benzene rings is 1. The first kappa shape index (κ1) is 20.2. The van der Waals surface area contributed by atoms with Gasteiger partial charge in [0.1, 0.15) is 0 Å². The number of halogens is 2. The van der Waals surface area contributed by atoms with Gasteiger partial charge in [0, 0.05) is 0 Å². The fourth-order valence-corrected chi connectivity index (χ4v) is 1.69. The summed E-state index contributed by atoms with van der Waals surface area (Å²) in [6.45, 7) is 13.3. The van der Waals surface area contributed by atoms with Crippen LogP contribution in [0, 0.1) is 41.5 Å². The summed E-state index contributed by atoms with van der Waals surface area (Å²) < 4.78 is 0. The molecule has 0 N–H and O–H groups in total. The molecule has 0 heterocycles. The Morgan fingerprint density at radius 2 is 0.467 bits per heavy atom. The third-order valence-electron chi connectivity index (χ3n) is 3.38. The second-order valence-corrected chi connectivity index (χ2v) is 3.75. The molecule has 1 aromatic carbocycles. The van der Waals surface area contributed by atoms with Crippen LogP contribution in [0.3, 0.4) is 0 Å². The Bertz CT molecular complexity index is 228. The van der Waals surface area contributed by atoms with Crippen molar-refractivity contribution >= 4 is 0 Å². The summed E-state index contributed by atoms with van der Waals surface area (Å²) in [4.78, 5) is 0. The van der Waals surface area contributed by atoms with E-state index in [-0.39, 0.29) is 28.9 Å². The Labute approximate surface area is 104 Å². The molecule has 1 aromatic rings. The summed E-state index contributed by atoms with van der Waals surface area (Å²) in [6, 6.07) is 0. The molecule has 88 valence electrons. The van der Waals surface area contributed by atoms with Gasteiger partial charge in [-0.3, -0.25) is 0 Å². The first-order chi connectivity index (χ1) is 5.46. The van der Waals surface area contributed by atoms with Crippen molar-refractivity contribution in [2.45, 2.75) is 41.5 Å². The molecule has 0 aliphatic carbocycles. The van der Waals surface area contributed by atoms with Crippen molar-refractivity contribution in [3.63, 3.8) is 0 Å². The van der Waals surface area contributed by atoms with Gasteiger partial charge >= 0.3 is 19.5 Å². The summed E-state index contributed by atoms with van der Waals surface area (Å²) in [5, 5.41) is 0. The summed E-state index contributed by atoms with van der Waals surface area (Å²) >= 11 is 0. The average Bonchev–Trinajstić information content (AvgIpc) is 2.08. The van der Waals surface area contributed by atoms with Crippen LogP contribution < -0.4 is 9.41 Å². The maximum atomic E-state index is 2.21. The molecule has 0 aromatic heterocycles. The zero-order valence-corrected chi connectivity index (χ0v) is 11.8. The molecule has 0 fully saturated rings. The molecule has 0 unspecified atom stereocenters. The van der Waals surface area contributed by atoms with Gasteiger partial charge in [0.25, 0.3) is 0 Å². The molecule has 0 bridgehead atoms. The predicted molar refractivity (Wildman–Crippen MR) is 54.9 cm³/mol. The summed E-state index contributed by atoms with van der Waals surface area (Å²) in [5.74, 6) is 0. The molecule has 15 heavy (non-hydrogen) atoms. The third kappa shape index (κ3) is 3.34. The quantitative estimate of drug-likeness (QED) is 0.467. The van der Waals surface area contributed by atoms with Crippen LogP contribution in [-0.2, 0) is 19.5 Å². The van der Waals surface area contributed by atoms with Crippen molar-refractivity contribution in [3.05, 3.63) is 33.4 Å². The van der Waals surface area contributed by atoms with E-state index in [1.807, 2.05) is 0 Å². The average molecular weight is 301 g/mol. The minimum absolute atomic E-state index is 0. The first-order valence-corrected chi connectivity index (χ1v) is 4.50. The van der Waals surface area contributed by atoms with Gasteiger partial charge in [-0.1, -0.05) is 0 Å². The minimum Gasteiger partial charge on any atom is -1.00 e. The van der Waals surface area contributed by atoms with E-state index in [9.17, 15) is 0 Å². The second-order valence-electron chi connectivity index (χ2n) is 3.75. The van der Waals surface area contributed by atoms with Gasteiger partial charge in [-0.25, -0.2) is 0 Å². The maximum Gasteiger partial charge on any atom is 2.00 e. The Kier molecular flexibility index (Phi) is 9.48. The third-order valence-corrected chi connectivity index (χ3v) is 3.38. The number of rotatable bonds is 0. The van der Waals surface area contributed by atoms with Gasteiger partial charge in [-0.15, -0.1) is 0 Å². The van der Waals surface area contributed by atoms with Crippen molar-refractivity contribution < 1.29 is 28.9 Å². The zero-order chi connectivity index (χ0) is 9.46. The van der Waals surface area contributed by atoms with Crippen LogP contribution in [0.4, 0.5) is 0 Å². The molecule has 0 radical (unpaired) electrons. The molecule has 0 atom stereocenters. The van der Waals surface area contributed by atoms with Crippen LogP contribution >= 0.6 is 0 Å². The smallest absolute Gasteiger partial charge is 1.00 e. The van der Waals surface area contributed by atoms with Crippen LogP contribution in [0.5, 0.6) is 0 Å². The molecule has 0 spiro atoms. The van der Waals surface area contributed by atoms with E-state index in [0.29, 0.717) is 0 Å². The van der Waals surface area contributed by atoms with E-state index < -0.39 is 0 Å². The van der Waals surface area contributed by atoms with Gasteiger partial charge in [0.2, 0.25) is 0 Å². The summed E-state index contributed by atoms with van der Waals surface area (Å²) in [5.41, 5.74) is 8.73. The summed E-state index contributed by atoms with van der Waals surface area (Å²) in [6.07, 6.45) is 0. The Hall–Kier alpha value is -0.297. The van der Waals surface area contributed by atoms with E-state index in [1.54, 1.807) is 0 Å². The number of hydrogen-bond donors (Lipinski definition) is 0. The van der Waals surface area contributed by atoms with Crippen LogP contribution in [0.1, 0.15) is 33.4 Å². The molecule has 0 saturated heterocycles. The van der Waals surface area contributed by atoms with Crippen molar-refractivity contribution in [3.8, 4) is 0 Å². The van der Waals surface area contributed by atoms with Crippen molar-refractivity contribution in [2.24, 2.45) is 0 Å². The fourth-order valence-electron chi connectivity index (χ4n) is 1.69. The first-order valence-electron chi connectivity index (χ1n) is 4.50. The van der Waals surface area contributed by atoms with Gasteiger partial charge in [-0.05, 0) is 74.9 Å². The minimum atomic E-state index is 0. The SMILES string of the molecule is Cc1c(C)c(C)c(C)c(C)c1C.[F-].[F-].[Ru+2]. The molecule has 0 amide bonds. The van der Waals surface area contributed by atoms with E-state index in [1.165, 1.54) is 33.4 Å². The molecule has 0 aliphatic heterocycles. The van der Waals surface area contributed by atoms with E-state index in [2.05, 4.69) is 41.5 Å². The molecule has 1 rings (SSSR count). The Balaban J connectivity index is -0.000000480. The van der Waals surface area contributed by atoms with Gasteiger partial charge in [0.05, 0.1) is 0 Å². The van der Waals surface area contributed by atoms with Gasteiger partial charge in [-0.2, -0.15) is 0 Å². The largest absolute Gasteiger partial charge is 2.00 e. The molecule has 0 nitrogen and oxygen atoms in total. The van der Waals surface area contributed by atoms with Crippen LogP contribution in [0.25, 0.3) is 0 Å². The van der Waals surface area contributed by atoms with Crippen LogP contribution in [0.15, 0.2) is 0 Å². The molecule has 3 heteroatoms. The normalized spacial score (nSPS) is 8.40. The molecule has 0 saturated carbocycles. The van der Waals surface area contributed by atoms with E-state index >= 15 is 0 Å². The molecule has 0 aliphatic rings. The van der Waals surface area contributed by atoms with Crippen LogP contribution in [0.2, 0.25) is 0 Å². The van der Waals surface area contributed by atoms with Gasteiger partial charge < -0.3 is 9.41 Å². The Morgan fingerprint density at radius 3 is 0.533 bits per heavy atom. The monoisotopic (exact) mass is 302 g/mol. The van der Waals surface area contributed by atoms with Crippen molar-refractivity contribution in [1.29, 1.82) is 0 Å². The predicted octanol–water partition coefficient (Wildman–Crippen LogP) is -2.46. The van der Waals surface area contributed by atoms with Gasteiger partial charge in [0.15, 0.2) is 0 Å². The van der Waals surface area contributed by atoms with Crippen molar-refractivity contribution in [1.82, 2.24) is 0 Å². The zero-order valence-electron chi connectivity index (χ0n) is 10.1. The molecular weight excluding hydrogens is 283 g/mol. The Morgan fingerprint density at radius 1 is 0.400 bits per heavy atom. The standard InChI is InChI=1S/C12H18.2FH.Ru/c1-7-8(2)10(4)12(6)11(5)9(7)3;;;/h1-6H3;2*1H;/q;;;+2/p-2. The van der Waals surface area contributed by atoms with Crippen LogP contribution in [-0.4, -0.2) is 0 Å². The second kappa shape index (κ2) is 7.06. The number of hydrogen-bond acceptors (Lipinski definition) is 0. The topological polar surface area (TPSA) is 0 Å².